The zero-order chi connectivity index (χ0) is 11.8. The summed E-state index contributed by atoms with van der Waals surface area (Å²) in [6, 6.07) is 7.88. The van der Waals surface area contributed by atoms with Gasteiger partial charge < -0.3 is 0 Å². The van der Waals surface area contributed by atoms with E-state index in [0.29, 0.717) is 0 Å². The van der Waals surface area contributed by atoms with E-state index < -0.39 is 11.7 Å². The maximum Gasteiger partial charge on any atom is 0.417 e. The zero-order valence-electron chi connectivity index (χ0n) is 8.70. The molecule has 16 heavy (non-hydrogen) atoms. The van der Waals surface area contributed by atoms with E-state index >= 15 is 0 Å². The summed E-state index contributed by atoms with van der Waals surface area (Å²) >= 11 is 0. The first-order chi connectivity index (χ1) is 7.48. The Morgan fingerprint density at radius 3 is 2.31 bits per heavy atom. The van der Waals surface area contributed by atoms with Crippen molar-refractivity contribution in [2.45, 2.75) is 18.1 Å². The number of rotatable bonds is 1. The molecule has 1 aromatic carbocycles. The van der Waals surface area contributed by atoms with Crippen LogP contribution >= 0.6 is 0 Å². The summed E-state index contributed by atoms with van der Waals surface area (Å²) in [6.45, 7) is 0. The lowest BCUT2D eigenvalue weighted by Crippen LogP contribution is -2.50. The SMILES string of the molecule is CN1N=CCC1(c1ccccc1)C(F)(F)F. The number of halogens is 3. The van der Waals surface area contributed by atoms with Crippen LogP contribution < -0.4 is 0 Å². The Kier molecular flexibility index (Phi) is 2.40. The van der Waals surface area contributed by atoms with Gasteiger partial charge in [0.05, 0.1) is 0 Å². The molecule has 1 heterocycles. The van der Waals surface area contributed by atoms with E-state index in [0.717, 1.165) is 5.01 Å². The molecule has 1 aliphatic heterocycles. The Labute approximate surface area is 91.4 Å². The van der Waals surface area contributed by atoms with Crippen LogP contribution in [0.5, 0.6) is 0 Å². The van der Waals surface area contributed by atoms with Gasteiger partial charge in [-0.15, -0.1) is 0 Å². The molecule has 0 spiro atoms. The Morgan fingerprint density at radius 2 is 1.88 bits per heavy atom. The Balaban J connectivity index is 2.53. The number of hydrogen-bond donors (Lipinski definition) is 0. The lowest BCUT2D eigenvalue weighted by Gasteiger charge is -2.37. The second-order valence-electron chi connectivity index (χ2n) is 3.75. The van der Waals surface area contributed by atoms with Crippen molar-refractivity contribution in [1.82, 2.24) is 5.01 Å². The first-order valence-corrected chi connectivity index (χ1v) is 4.87. The molecule has 2 rings (SSSR count). The Morgan fingerprint density at radius 1 is 1.25 bits per heavy atom. The molecule has 0 radical (unpaired) electrons. The molecule has 0 amide bonds. The van der Waals surface area contributed by atoms with E-state index in [1.807, 2.05) is 0 Å². The standard InChI is InChI=1S/C11H11F3N2/c1-16-10(7-8-15-16,11(12,13)14)9-5-3-2-4-6-9/h2-6,8H,7H2,1H3. The predicted molar refractivity (Wildman–Crippen MR) is 55.0 cm³/mol. The molecule has 0 N–H and O–H groups in total. The van der Waals surface area contributed by atoms with Crippen molar-refractivity contribution in [3.05, 3.63) is 35.9 Å². The van der Waals surface area contributed by atoms with Crippen LogP contribution in [0.2, 0.25) is 0 Å². The highest BCUT2D eigenvalue weighted by Crippen LogP contribution is 2.47. The van der Waals surface area contributed by atoms with Gasteiger partial charge in [-0.2, -0.15) is 18.3 Å². The lowest BCUT2D eigenvalue weighted by atomic mass is 9.86. The van der Waals surface area contributed by atoms with Gasteiger partial charge in [-0.25, -0.2) is 0 Å². The second-order valence-corrected chi connectivity index (χ2v) is 3.75. The monoisotopic (exact) mass is 228 g/mol. The van der Waals surface area contributed by atoms with Crippen LogP contribution in [0, 0.1) is 0 Å². The van der Waals surface area contributed by atoms with Crippen LogP contribution in [0.4, 0.5) is 13.2 Å². The molecule has 0 aromatic heterocycles. The molecule has 0 bridgehead atoms. The fourth-order valence-electron chi connectivity index (χ4n) is 2.01. The van der Waals surface area contributed by atoms with Gasteiger partial charge in [-0.1, -0.05) is 30.3 Å². The molecule has 1 unspecified atom stereocenters. The van der Waals surface area contributed by atoms with Crippen molar-refractivity contribution in [1.29, 1.82) is 0 Å². The lowest BCUT2D eigenvalue weighted by molar-refractivity contribution is -0.227. The van der Waals surface area contributed by atoms with Crippen LogP contribution in [0.25, 0.3) is 0 Å². The van der Waals surface area contributed by atoms with Crippen molar-refractivity contribution in [3.63, 3.8) is 0 Å². The molecule has 86 valence electrons. The molecule has 1 aromatic rings. The van der Waals surface area contributed by atoms with E-state index in [1.54, 1.807) is 18.2 Å². The molecule has 1 atom stereocenters. The number of hydrazone groups is 1. The third-order valence-electron chi connectivity index (χ3n) is 2.91. The van der Waals surface area contributed by atoms with Crippen LogP contribution in [-0.4, -0.2) is 24.4 Å². The third kappa shape index (κ3) is 1.38. The van der Waals surface area contributed by atoms with Gasteiger partial charge in [0.15, 0.2) is 5.54 Å². The maximum absolute atomic E-state index is 13.2. The van der Waals surface area contributed by atoms with E-state index in [9.17, 15) is 13.2 Å². The smallest absolute Gasteiger partial charge is 0.280 e. The van der Waals surface area contributed by atoms with Crippen LogP contribution in [0.1, 0.15) is 12.0 Å². The third-order valence-corrected chi connectivity index (χ3v) is 2.91. The molecule has 5 heteroatoms. The quantitative estimate of drug-likeness (QED) is 0.721. The Hall–Kier alpha value is -1.52. The molecule has 0 saturated heterocycles. The second kappa shape index (κ2) is 3.50. The van der Waals surface area contributed by atoms with E-state index in [-0.39, 0.29) is 12.0 Å². The van der Waals surface area contributed by atoms with Gasteiger partial charge in [0.25, 0.3) is 0 Å². The van der Waals surface area contributed by atoms with Crippen LogP contribution in [0.3, 0.4) is 0 Å². The van der Waals surface area contributed by atoms with E-state index in [1.165, 1.54) is 25.4 Å². The normalized spacial score (nSPS) is 25.1. The van der Waals surface area contributed by atoms with Gasteiger partial charge in [0.2, 0.25) is 0 Å². The van der Waals surface area contributed by atoms with Gasteiger partial charge in [0.1, 0.15) is 0 Å². The topological polar surface area (TPSA) is 15.6 Å². The number of benzene rings is 1. The average molecular weight is 228 g/mol. The average Bonchev–Trinajstić information content (AvgIpc) is 2.61. The number of alkyl halides is 3. The molecule has 2 nitrogen and oxygen atoms in total. The minimum atomic E-state index is -4.35. The molecule has 0 fully saturated rings. The fraction of sp³-hybridized carbons (Fsp3) is 0.364. The van der Waals surface area contributed by atoms with Crippen molar-refractivity contribution < 1.29 is 13.2 Å². The highest BCUT2D eigenvalue weighted by molar-refractivity contribution is 5.63. The van der Waals surface area contributed by atoms with Gasteiger partial charge >= 0.3 is 6.18 Å². The number of nitrogens with zero attached hydrogens (tertiary/aromatic N) is 2. The Bertz CT molecular complexity index is 399. The van der Waals surface area contributed by atoms with Crippen LogP contribution in [-0.2, 0) is 5.54 Å². The zero-order valence-corrected chi connectivity index (χ0v) is 8.70. The van der Waals surface area contributed by atoms with E-state index in [2.05, 4.69) is 5.10 Å². The van der Waals surface area contributed by atoms with Gasteiger partial charge in [0, 0.05) is 19.7 Å². The van der Waals surface area contributed by atoms with Gasteiger partial charge in [-0.3, -0.25) is 5.01 Å². The summed E-state index contributed by atoms with van der Waals surface area (Å²) in [6.07, 6.45) is -3.18. The first-order valence-electron chi connectivity index (χ1n) is 4.87. The summed E-state index contributed by atoms with van der Waals surface area (Å²) < 4.78 is 39.7. The predicted octanol–water partition coefficient (Wildman–Crippen LogP) is 2.77. The largest absolute Gasteiger partial charge is 0.417 e. The molecular weight excluding hydrogens is 217 g/mol. The molecule has 0 aliphatic carbocycles. The van der Waals surface area contributed by atoms with Crippen molar-refractivity contribution in [2.75, 3.05) is 7.05 Å². The molecular formula is C11H11F3N2. The van der Waals surface area contributed by atoms with Crippen LogP contribution in [0.15, 0.2) is 35.4 Å². The van der Waals surface area contributed by atoms with Crippen molar-refractivity contribution in [3.8, 4) is 0 Å². The van der Waals surface area contributed by atoms with E-state index in [4.69, 9.17) is 0 Å². The fourth-order valence-corrected chi connectivity index (χ4v) is 2.01. The van der Waals surface area contributed by atoms with Crippen molar-refractivity contribution in [2.24, 2.45) is 5.10 Å². The summed E-state index contributed by atoms with van der Waals surface area (Å²) in [5, 5.41) is 4.71. The first kappa shape index (κ1) is 11.0. The maximum atomic E-state index is 13.2. The highest BCUT2D eigenvalue weighted by atomic mass is 19.4. The number of hydrogen-bond acceptors (Lipinski definition) is 2. The summed E-state index contributed by atoms with van der Waals surface area (Å²) in [7, 11) is 1.35. The summed E-state index contributed by atoms with van der Waals surface area (Å²) in [5.74, 6) is 0. The van der Waals surface area contributed by atoms with Crippen molar-refractivity contribution >= 4 is 6.21 Å². The minimum Gasteiger partial charge on any atom is -0.280 e. The molecule has 0 saturated carbocycles. The highest BCUT2D eigenvalue weighted by Gasteiger charge is 2.60. The summed E-state index contributed by atoms with van der Waals surface area (Å²) in [4.78, 5) is 0. The minimum absolute atomic E-state index is 0.142. The van der Waals surface area contributed by atoms with Gasteiger partial charge in [-0.05, 0) is 5.56 Å². The molecule has 1 aliphatic rings. The summed E-state index contributed by atoms with van der Waals surface area (Å²) in [5.41, 5.74) is -1.78.